The number of hydrogen-bond donors (Lipinski definition) is 2. The molecule has 0 radical (unpaired) electrons. The van der Waals surface area contributed by atoms with Gasteiger partial charge in [-0.3, -0.25) is 0 Å². The van der Waals surface area contributed by atoms with Crippen molar-refractivity contribution in [2.45, 2.75) is 31.8 Å². The van der Waals surface area contributed by atoms with Crippen molar-refractivity contribution in [2.75, 3.05) is 13.1 Å². The Morgan fingerprint density at radius 1 is 1.35 bits per heavy atom. The number of nitrogens with zero attached hydrogens (tertiary/aromatic N) is 1. The van der Waals surface area contributed by atoms with Gasteiger partial charge in [0.1, 0.15) is 0 Å². The third-order valence-corrected chi connectivity index (χ3v) is 4.48. The third-order valence-electron chi connectivity index (χ3n) is 3.74. The first kappa shape index (κ1) is 15.4. The SMILES string of the molecule is CC(NC1CCN(C(N)=O)CC1)c1ccc(Cl)c(Cl)c1. The third kappa shape index (κ3) is 3.78. The summed E-state index contributed by atoms with van der Waals surface area (Å²) in [6, 6.07) is 5.92. The van der Waals surface area contributed by atoms with Crippen molar-refractivity contribution in [1.82, 2.24) is 10.2 Å². The molecule has 1 aliphatic heterocycles. The van der Waals surface area contributed by atoms with Crippen molar-refractivity contribution in [2.24, 2.45) is 5.73 Å². The number of amides is 2. The smallest absolute Gasteiger partial charge is 0.314 e. The van der Waals surface area contributed by atoms with E-state index in [0.29, 0.717) is 29.2 Å². The quantitative estimate of drug-likeness (QED) is 0.900. The number of carbonyl (C=O) groups excluding carboxylic acids is 1. The van der Waals surface area contributed by atoms with Crippen LogP contribution in [-0.4, -0.2) is 30.1 Å². The lowest BCUT2D eigenvalue weighted by Gasteiger charge is -2.33. The number of carbonyl (C=O) groups is 1. The van der Waals surface area contributed by atoms with E-state index in [1.165, 1.54) is 0 Å². The minimum absolute atomic E-state index is 0.190. The molecule has 3 N–H and O–H groups in total. The molecule has 1 saturated heterocycles. The Balaban J connectivity index is 1.90. The molecule has 1 fully saturated rings. The summed E-state index contributed by atoms with van der Waals surface area (Å²) in [7, 11) is 0. The number of primary amides is 1. The Kier molecular flexibility index (Phi) is 5.13. The van der Waals surface area contributed by atoms with Crippen molar-refractivity contribution < 1.29 is 4.79 Å². The lowest BCUT2D eigenvalue weighted by atomic mass is 10.0. The van der Waals surface area contributed by atoms with E-state index in [0.717, 1.165) is 18.4 Å². The van der Waals surface area contributed by atoms with E-state index in [2.05, 4.69) is 12.2 Å². The van der Waals surface area contributed by atoms with Gasteiger partial charge in [-0.2, -0.15) is 0 Å². The van der Waals surface area contributed by atoms with E-state index in [1.807, 2.05) is 18.2 Å². The summed E-state index contributed by atoms with van der Waals surface area (Å²) in [4.78, 5) is 12.8. The number of nitrogens with two attached hydrogens (primary N) is 1. The molecule has 1 aromatic carbocycles. The maximum absolute atomic E-state index is 11.1. The summed E-state index contributed by atoms with van der Waals surface area (Å²) >= 11 is 12.0. The molecule has 1 aliphatic rings. The monoisotopic (exact) mass is 315 g/mol. The summed E-state index contributed by atoms with van der Waals surface area (Å²) in [5, 5.41) is 4.70. The highest BCUT2D eigenvalue weighted by Gasteiger charge is 2.22. The minimum atomic E-state index is -0.332. The predicted octanol–water partition coefficient (Wildman–Crippen LogP) is 3.19. The molecule has 1 unspecified atom stereocenters. The molecule has 1 atom stereocenters. The number of urea groups is 1. The zero-order valence-corrected chi connectivity index (χ0v) is 12.9. The fourth-order valence-corrected chi connectivity index (χ4v) is 2.80. The number of likely N-dealkylation sites (tertiary alicyclic amines) is 1. The van der Waals surface area contributed by atoms with E-state index in [4.69, 9.17) is 28.9 Å². The van der Waals surface area contributed by atoms with Crippen LogP contribution < -0.4 is 11.1 Å². The van der Waals surface area contributed by atoms with Crippen LogP contribution in [0.2, 0.25) is 10.0 Å². The van der Waals surface area contributed by atoms with Gasteiger partial charge in [-0.05, 0) is 37.5 Å². The largest absolute Gasteiger partial charge is 0.351 e. The normalized spacial score (nSPS) is 18.1. The van der Waals surface area contributed by atoms with Crippen molar-refractivity contribution >= 4 is 29.2 Å². The molecule has 0 spiro atoms. The Morgan fingerprint density at radius 3 is 2.55 bits per heavy atom. The van der Waals surface area contributed by atoms with Crippen molar-refractivity contribution in [3.05, 3.63) is 33.8 Å². The van der Waals surface area contributed by atoms with Crippen LogP contribution >= 0.6 is 23.2 Å². The molecule has 0 saturated carbocycles. The first-order chi connectivity index (χ1) is 9.47. The molecule has 110 valence electrons. The second-order valence-electron chi connectivity index (χ2n) is 5.16. The van der Waals surface area contributed by atoms with Crippen LogP contribution in [0.15, 0.2) is 18.2 Å². The Morgan fingerprint density at radius 2 is 2.00 bits per heavy atom. The van der Waals surface area contributed by atoms with Gasteiger partial charge in [0.25, 0.3) is 0 Å². The van der Waals surface area contributed by atoms with Crippen LogP contribution in [0.1, 0.15) is 31.4 Å². The predicted molar refractivity (Wildman–Crippen MR) is 82.2 cm³/mol. The van der Waals surface area contributed by atoms with Crippen LogP contribution in [0.25, 0.3) is 0 Å². The van der Waals surface area contributed by atoms with Crippen LogP contribution in [0.4, 0.5) is 4.79 Å². The summed E-state index contributed by atoms with van der Waals surface area (Å²) in [6.07, 6.45) is 1.82. The summed E-state index contributed by atoms with van der Waals surface area (Å²) < 4.78 is 0. The van der Waals surface area contributed by atoms with E-state index in [1.54, 1.807) is 4.90 Å². The highest BCUT2D eigenvalue weighted by molar-refractivity contribution is 6.42. The molecule has 4 nitrogen and oxygen atoms in total. The summed E-state index contributed by atoms with van der Waals surface area (Å²) in [6.45, 7) is 3.52. The van der Waals surface area contributed by atoms with E-state index in [9.17, 15) is 4.79 Å². The number of nitrogens with one attached hydrogen (secondary N) is 1. The van der Waals surface area contributed by atoms with Gasteiger partial charge in [0.2, 0.25) is 0 Å². The van der Waals surface area contributed by atoms with E-state index >= 15 is 0 Å². The van der Waals surface area contributed by atoms with Crippen molar-refractivity contribution in [1.29, 1.82) is 0 Å². The van der Waals surface area contributed by atoms with Gasteiger partial charge < -0.3 is 16.0 Å². The molecule has 0 bridgehead atoms. The van der Waals surface area contributed by atoms with Gasteiger partial charge >= 0.3 is 6.03 Å². The van der Waals surface area contributed by atoms with Crippen molar-refractivity contribution in [3.63, 3.8) is 0 Å². The van der Waals surface area contributed by atoms with Gasteiger partial charge in [0.15, 0.2) is 0 Å². The maximum Gasteiger partial charge on any atom is 0.314 e. The first-order valence-electron chi connectivity index (χ1n) is 6.72. The fourth-order valence-electron chi connectivity index (χ4n) is 2.50. The van der Waals surface area contributed by atoms with E-state index in [-0.39, 0.29) is 12.1 Å². The van der Waals surface area contributed by atoms with E-state index < -0.39 is 0 Å². The fraction of sp³-hybridized carbons (Fsp3) is 0.500. The highest BCUT2D eigenvalue weighted by Crippen LogP contribution is 2.26. The molecule has 2 rings (SSSR count). The number of rotatable bonds is 3. The lowest BCUT2D eigenvalue weighted by molar-refractivity contribution is 0.183. The molecule has 6 heteroatoms. The molecule has 20 heavy (non-hydrogen) atoms. The van der Waals surface area contributed by atoms with Crippen LogP contribution in [0.3, 0.4) is 0 Å². The minimum Gasteiger partial charge on any atom is -0.351 e. The zero-order chi connectivity index (χ0) is 14.7. The average Bonchev–Trinajstić information content (AvgIpc) is 2.42. The Bertz CT molecular complexity index is 487. The zero-order valence-electron chi connectivity index (χ0n) is 11.4. The Hall–Kier alpha value is -0.970. The summed E-state index contributed by atoms with van der Waals surface area (Å²) in [5.74, 6) is 0. The maximum atomic E-state index is 11.1. The number of benzene rings is 1. The summed E-state index contributed by atoms with van der Waals surface area (Å²) in [5.41, 5.74) is 6.38. The average molecular weight is 316 g/mol. The molecule has 1 heterocycles. The van der Waals surface area contributed by atoms with Gasteiger partial charge in [0.05, 0.1) is 10.0 Å². The second kappa shape index (κ2) is 6.66. The molecule has 0 aliphatic carbocycles. The molecule has 2 amide bonds. The van der Waals surface area contributed by atoms with Crippen molar-refractivity contribution in [3.8, 4) is 0 Å². The topological polar surface area (TPSA) is 58.4 Å². The molecule has 1 aromatic rings. The van der Waals surface area contributed by atoms with Crippen LogP contribution in [-0.2, 0) is 0 Å². The molecular formula is C14H19Cl2N3O. The van der Waals surface area contributed by atoms with Gasteiger partial charge in [-0.1, -0.05) is 29.3 Å². The molecule has 0 aromatic heterocycles. The van der Waals surface area contributed by atoms with Crippen LogP contribution in [0.5, 0.6) is 0 Å². The lowest BCUT2D eigenvalue weighted by Crippen LogP contribution is -2.47. The van der Waals surface area contributed by atoms with Gasteiger partial charge in [-0.15, -0.1) is 0 Å². The molecular weight excluding hydrogens is 297 g/mol. The first-order valence-corrected chi connectivity index (χ1v) is 7.48. The standard InChI is InChI=1S/C14H19Cl2N3O/c1-9(10-2-3-12(15)13(16)8-10)18-11-4-6-19(7-5-11)14(17)20/h2-3,8-9,11,18H,4-7H2,1H3,(H2,17,20). The van der Waals surface area contributed by atoms with Crippen LogP contribution in [0, 0.1) is 0 Å². The van der Waals surface area contributed by atoms with Gasteiger partial charge in [-0.25, -0.2) is 4.79 Å². The number of piperidine rings is 1. The number of hydrogen-bond acceptors (Lipinski definition) is 2. The Labute approximate surface area is 129 Å². The number of halogens is 2. The highest BCUT2D eigenvalue weighted by atomic mass is 35.5. The second-order valence-corrected chi connectivity index (χ2v) is 5.98. The van der Waals surface area contributed by atoms with Gasteiger partial charge in [0, 0.05) is 25.2 Å².